The molecule has 2 aromatic rings. The fourth-order valence-corrected chi connectivity index (χ4v) is 3.06. The fraction of sp³-hybridized carbons (Fsp3) is 0.308. The third kappa shape index (κ3) is 1.61. The van der Waals surface area contributed by atoms with E-state index in [1.807, 2.05) is 13.1 Å². The number of benzene rings is 1. The molecule has 1 aromatic heterocycles. The Labute approximate surface area is 113 Å². The van der Waals surface area contributed by atoms with Crippen LogP contribution in [0.2, 0.25) is 0 Å². The van der Waals surface area contributed by atoms with Crippen LogP contribution in [0.1, 0.15) is 11.3 Å². The number of carbonyl (C=O) groups is 1. The van der Waals surface area contributed by atoms with Crippen LogP contribution in [0, 0.1) is 0 Å². The minimum absolute atomic E-state index is 0.480. The Bertz CT molecular complexity index is 648. The molecule has 1 aromatic carbocycles. The summed E-state index contributed by atoms with van der Waals surface area (Å²) in [6.07, 6.45) is -0.0535. The maximum Gasteiger partial charge on any atom is 0.407 e. The van der Waals surface area contributed by atoms with Gasteiger partial charge in [0.2, 0.25) is 0 Å². The van der Waals surface area contributed by atoms with Crippen LogP contribution < -0.4 is 0 Å². The molecule has 0 atom stereocenters. The fourth-order valence-electron chi connectivity index (χ4n) is 2.70. The summed E-state index contributed by atoms with van der Waals surface area (Å²) in [6.45, 7) is 1.06. The molecule has 0 spiro atoms. The molecule has 0 saturated carbocycles. The average molecular weight is 309 g/mol. The Morgan fingerprint density at radius 2 is 2.22 bits per heavy atom. The first kappa shape index (κ1) is 11.6. The van der Waals surface area contributed by atoms with Gasteiger partial charge in [-0.25, -0.2) is 4.79 Å². The Kier molecular flexibility index (Phi) is 2.59. The van der Waals surface area contributed by atoms with E-state index in [4.69, 9.17) is 5.11 Å². The van der Waals surface area contributed by atoms with Gasteiger partial charge in [-0.3, -0.25) is 0 Å². The summed E-state index contributed by atoms with van der Waals surface area (Å²) in [6, 6.07) is 6.20. The second-order valence-electron chi connectivity index (χ2n) is 4.60. The largest absolute Gasteiger partial charge is 0.465 e. The van der Waals surface area contributed by atoms with E-state index in [-0.39, 0.29) is 0 Å². The molecule has 0 unspecified atom stereocenters. The Balaban J connectivity index is 2.19. The summed E-state index contributed by atoms with van der Waals surface area (Å²) in [4.78, 5) is 12.5. The van der Waals surface area contributed by atoms with Gasteiger partial charge in [0, 0.05) is 34.7 Å². The zero-order chi connectivity index (χ0) is 12.9. The number of aryl methyl sites for hydroxylation is 1. The molecule has 1 aliphatic rings. The minimum atomic E-state index is -0.841. The van der Waals surface area contributed by atoms with E-state index in [1.54, 1.807) is 0 Å². The number of amides is 1. The van der Waals surface area contributed by atoms with Gasteiger partial charge in [0.05, 0.1) is 6.54 Å². The summed E-state index contributed by atoms with van der Waals surface area (Å²) in [5, 5.41) is 10.3. The summed E-state index contributed by atoms with van der Waals surface area (Å²) in [7, 11) is 2.00. The van der Waals surface area contributed by atoms with Gasteiger partial charge < -0.3 is 14.6 Å². The van der Waals surface area contributed by atoms with Crippen LogP contribution in [0.5, 0.6) is 0 Å². The summed E-state index contributed by atoms with van der Waals surface area (Å²) < 4.78 is 3.16. The van der Waals surface area contributed by atoms with Crippen LogP contribution in [0.15, 0.2) is 22.7 Å². The first-order valence-corrected chi connectivity index (χ1v) is 6.61. The predicted molar refractivity (Wildman–Crippen MR) is 72.8 cm³/mol. The highest BCUT2D eigenvalue weighted by Gasteiger charge is 2.25. The van der Waals surface area contributed by atoms with Crippen molar-refractivity contribution in [1.82, 2.24) is 9.47 Å². The van der Waals surface area contributed by atoms with Crippen molar-refractivity contribution < 1.29 is 9.90 Å². The van der Waals surface area contributed by atoms with Crippen LogP contribution >= 0.6 is 15.9 Å². The van der Waals surface area contributed by atoms with E-state index in [0.717, 1.165) is 22.1 Å². The lowest BCUT2D eigenvalue weighted by molar-refractivity contribution is 0.139. The molecule has 3 rings (SSSR count). The SMILES string of the molecule is Cn1c2c(c3cc(Br)ccc31)CCN(C(=O)O)C2. The van der Waals surface area contributed by atoms with Crippen LogP contribution in [0.25, 0.3) is 10.9 Å². The van der Waals surface area contributed by atoms with E-state index in [1.165, 1.54) is 15.8 Å². The topological polar surface area (TPSA) is 45.5 Å². The molecule has 1 amide bonds. The number of aromatic nitrogens is 1. The van der Waals surface area contributed by atoms with Crippen molar-refractivity contribution in [2.45, 2.75) is 13.0 Å². The van der Waals surface area contributed by atoms with Crippen molar-refractivity contribution in [1.29, 1.82) is 0 Å². The Morgan fingerprint density at radius 3 is 2.94 bits per heavy atom. The van der Waals surface area contributed by atoms with Gasteiger partial charge in [-0.1, -0.05) is 15.9 Å². The Hall–Kier alpha value is -1.49. The number of rotatable bonds is 0. The minimum Gasteiger partial charge on any atom is -0.465 e. The van der Waals surface area contributed by atoms with E-state index >= 15 is 0 Å². The van der Waals surface area contributed by atoms with E-state index in [0.29, 0.717) is 13.1 Å². The molecule has 94 valence electrons. The maximum absolute atomic E-state index is 11.1. The molecule has 0 radical (unpaired) electrons. The van der Waals surface area contributed by atoms with Gasteiger partial charge in [-0.2, -0.15) is 0 Å². The van der Waals surface area contributed by atoms with Gasteiger partial charge in [0.25, 0.3) is 0 Å². The van der Waals surface area contributed by atoms with Gasteiger partial charge in [0.15, 0.2) is 0 Å². The summed E-state index contributed by atoms with van der Waals surface area (Å²) in [5.41, 5.74) is 3.55. The number of hydrogen-bond donors (Lipinski definition) is 1. The molecular weight excluding hydrogens is 296 g/mol. The lowest BCUT2D eigenvalue weighted by Gasteiger charge is -2.25. The number of halogens is 1. The smallest absolute Gasteiger partial charge is 0.407 e. The third-order valence-corrected chi connectivity index (χ3v) is 4.13. The average Bonchev–Trinajstić information content (AvgIpc) is 2.62. The molecule has 0 bridgehead atoms. The van der Waals surface area contributed by atoms with Gasteiger partial charge in [-0.15, -0.1) is 0 Å². The van der Waals surface area contributed by atoms with Crippen molar-refractivity contribution in [3.63, 3.8) is 0 Å². The molecule has 0 saturated heterocycles. The lowest BCUT2D eigenvalue weighted by atomic mass is 10.0. The van der Waals surface area contributed by atoms with Crippen molar-refractivity contribution in [3.8, 4) is 0 Å². The normalized spacial score (nSPS) is 14.9. The van der Waals surface area contributed by atoms with Gasteiger partial charge >= 0.3 is 6.09 Å². The highest BCUT2D eigenvalue weighted by Crippen LogP contribution is 2.31. The number of nitrogens with zero attached hydrogens (tertiary/aromatic N) is 2. The quantitative estimate of drug-likeness (QED) is 0.813. The highest BCUT2D eigenvalue weighted by molar-refractivity contribution is 9.10. The van der Waals surface area contributed by atoms with Crippen molar-refractivity contribution in [2.24, 2.45) is 7.05 Å². The molecule has 5 heteroatoms. The van der Waals surface area contributed by atoms with E-state index in [2.05, 4.69) is 32.6 Å². The predicted octanol–water partition coefficient (Wildman–Crippen LogP) is 2.98. The number of hydrogen-bond acceptors (Lipinski definition) is 1. The number of carboxylic acid groups (broad SMARTS) is 1. The van der Waals surface area contributed by atoms with Crippen LogP contribution in [0.3, 0.4) is 0 Å². The highest BCUT2D eigenvalue weighted by atomic mass is 79.9. The standard InChI is InChI=1S/C13H13BrN2O2/c1-15-11-3-2-8(14)6-10(11)9-4-5-16(13(17)18)7-12(9)15/h2-3,6H,4-5,7H2,1H3,(H,17,18). The van der Waals surface area contributed by atoms with Crippen molar-refractivity contribution in [3.05, 3.63) is 33.9 Å². The zero-order valence-electron chi connectivity index (χ0n) is 9.98. The lowest BCUT2D eigenvalue weighted by Crippen LogP contribution is -2.35. The molecule has 2 heterocycles. The zero-order valence-corrected chi connectivity index (χ0v) is 11.6. The monoisotopic (exact) mass is 308 g/mol. The molecule has 1 aliphatic heterocycles. The second-order valence-corrected chi connectivity index (χ2v) is 5.52. The Morgan fingerprint density at radius 1 is 1.44 bits per heavy atom. The van der Waals surface area contributed by atoms with Gasteiger partial charge in [0.1, 0.15) is 0 Å². The number of fused-ring (bicyclic) bond motifs is 3. The molecule has 0 fully saturated rings. The van der Waals surface area contributed by atoms with Crippen LogP contribution in [-0.4, -0.2) is 27.2 Å². The summed E-state index contributed by atoms with van der Waals surface area (Å²) >= 11 is 3.49. The van der Waals surface area contributed by atoms with Crippen molar-refractivity contribution in [2.75, 3.05) is 6.54 Å². The molecule has 1 N–H and O–H groups in total. The van der Waals surface area contributed by atoms with Gasteiger partial charge in [-0.05, 0) is 30.2 Å². The first-order valence-electron chi connectivity index (χ1n) is 5.81. The van der Waals surface area contributed by atoms with Crippen molar-refractivity contribution >= 4 is 32.9 Å². The second kappa shape index (κ2) is 4.02. The molecular formula is C13H13BrN2O2. The molecule has 0 aliphatic carbocycles. The molecule has 18 heavy (non-hydrogen) atoms. The third-order valence-electron chi connectivity index (χ3n) is 3.64. The summed E-state index contributed by atoms with van der Waals surface area (Å²) in [5.74, 6) is 0. The maximum atomic E-state index is 11.1. The first-order chi connectivity index (χ1) is 8.58. The van der Waals surface area contributed by atoms with E-state index < -0.39 is 6.09 Å². The molecule has 4 nitrogen and oxygen atoms in total. The van der Waals surface area contributed by atoms with Crippen LogP contribution in [0.4, 0.5) is 4.79 Å². The van der Waals surface area contributed by atoms with Crippen LogP contribution in [-0.2, 0) is 20.0 Å². The van der Waals surface area contributed by atoms with E-state index in [9.17, 15) is 4.79 Å².